The Labute approximate surface area is 139 Å². The Morgan fingerprint density at radius 2 is 2.00 bits per heavy atom. The second kappa shape index (κ2) is 7.20. The summed E-state index contributed by atoms with van der Waals surface area (Å²) in [7, 11) is 1.62. The lowest BCUT2D eigenvalue weighted by molar-refractivity contribution is -0.134. The monoisotopic (exact) mass is 319 g/mol. The van der Waals surface area contributed by atoms with Crippen molar-refractivity contribution in [1.29, 1.82) is 0 Å². The lowest BCUT2D eigenvalue weighted by Crippen LogP contribution is -2.43. The number of amides is 1. The maximum absolute atomic E-state index is 12.3. The third-order valence-corrected chi connectivity index (χ3v) is 4.16. The first-order valence-electron chi connectivity index (χ1n) is 8.34. The molecule has 0 bridgehead atoms. The maximum Gasteiger partial charge on any atom is 0.223 e. The minimum atomic E-state index is 0.0536. The fourth-order valence-electron chi connectivity index (χ4n) is 2.86. The van der Waals surface area contributed by atoms with Gasteiger partial charge in [0.1, 0.15) is 0 Å². The van der Waals surface area contributed by atoms with Crippen molar-refractivity contribution in [2.45, 2.75) is 53.0 Å². The molecule has 1 aromatic heterocycles. The highest BCUT2D eigenvalue weighted by molar-refractivity contribution is 5.77. The fraction of sp³-hybridized carbons (Fsp3) is 0.667. The number of rotatable bonds is 4. The van der Waals surface area contributed by atoms with Gasteiger partial charge in [0.25, 0.3) is 0 Å². The number of pyridine rings is 1. The molecule has 0 aliphatic carbocycles. The van der Waals surface area contributed by atoms with E-state index in [0.29, 0.717) is 18.3 Å². The molecule has 128 valence electrons. The van der Waals surface area contributed by atoms with Crippen LogP contribution in [0.5, 0.6) is 5.88 Å². The number of carbonyl (C=O) groups is 1. The fourth-order valence-corrected chi connectivity index (χ4v) is 2.86. The largest absolute Gasteiger partial charge is 0.481 e. The zero-order valence-corrected chi connectivity index (χ0v) is 15.0. The van der Waals surface area contributed by atoms with Crippen LogP contribution in [0.15, 0.2) is 12.1 Å². The van der Waals surface area contributed by atoms with Gasteiger partial charge in [-0.1, -0.05) is 20.8 Å². The molecule has 1 aromatic rings. The highest BCUT2D eigenvalue weighted by Gasteiger charge is 2.26. The number of nitrogens with zero attached hydrogens (tertiary/aromatic N) is 2. The highest BCUT2D eigenvalue weighted by Crippen LogP contribution is 2.24. The van der Waals surface area contributed by atoms with E-state index in [4.69, 9.17) is 4.74 Å². The number of methoxy groups -OCH3 is 1. The van der Waals surface area contributed by atoms with Crippen LogP contribution < -0.4 is 10.1 Å². The summed E-state index contributed by atoms with van der Waals surface area (Å²) in [5.74, 6) is 0.911. The molecule has 0 unspecified atom stereocenters. The number of nitrogens with one attached hydrogen (secondary N) is 1. The molecule has 1 saturated heterocycles. The van der Waals surface area contributed by atoms with Gasteiger partial charge in [-0.05, 0) is 31.2 Å². The van der Waals surface area contributed by atoms with Crippen LogP contribution in [-0.4, -0.2) is 42.0 Å². The van der Waals surface area contributed by atoms with Gasteiger partial charge < -0.3 is 15.0 Å². The summed E-state index contributed by atoms with van der Waals surface area (Å²) >= 11 is 0. The van der Waals surface area contributed by atoms with E-state index in [-0.39, 0.29) is 11.3 Å². The molecule has 2 rings (SSSR count). The van der Waals surface area contributed by atoms with Crippen molar-refractivity contribution >= 4 is 11.6 Å². The quantitative estimate of drug-likeness (QED) is 0.925. The summed E-state index contributed by atoms with van der Waals surface area (Å²) in [5, 5.41) is 3.55. The number of ether oxygens (including phenoxy) is 1. The van der Waals surface area contributed by atoms with Crippen molar-refractivity contribution in [3.05, 3.63) is 17.8 Å². The Bertz CT molecular complexity index is 544. The first-order valence-corrected chi connectivity index (χ1v) is 8.34. The van der Waals surface area contributed by atoms with Gasteiger partial charge >= 0.3 is 0 Å². The van der Waals surface area contributed by atoms with Gasteiger partial charge in [-0.3, -0.25) is 4.79 Å². The van der Waals surface area contributed by atoms with Crippen molar-refractivity contribution in [2.75, 3.05) is 25.5 Å². The number of carbonyl (C=O) groups excluding carboxylic acids is 1. The number of aryl methyl sites for hydroxylation is 1. The molecule has 1 aliphatic rings. The Hall–Kier alpha value is -1.78. The summed E-state index contributed by atoms with van der Waals surface area (Å²) < 4.78 is 5.14. The zero-order valence-electron chi connectivity index (χ0n) is 15.0. The van der Waals surface area contributed by atoms with Crippen LogP contribution in [0.3, 0.4) is 0 Å². The summed E-state index contributed by atoms with van der Waals surface area (Å²) in [6.07, 6.45) is 2.56. The third kappa shape index (κ3) is 5.12. The number of aromatic nitrogens is 1. The number of anilines is 1. The Morgan fingerprint density at radius 1 is 1.35 bits per heavy atom. The molecular formula is C18H29N3O2. The highest BCUT2D eigenvalue weighted by atomic mass is 16.5. The second-order valence-corrected chi connectivity index (χ2v) is 7.52. The molecule has 0 radical (unpaired) electrons. The average molecular weight is 319 g/mol. The molecule has 2 heterocycles. The Kier molecular flexibility index (Phi) is 5.50. The maximum atomic E-state index is 12.3. The average Bonchev–Trinajstić information content (AvgIpc) is 2.48. The van der Waals surface area contributed by atoms with Crippen LogP contribution in [0.25, 0.3) is 0 Å². The minimum absolute atomic E-state index is 0.0536. The van der Waals surface area contributed by atoms with Crippen LogP contribution in [0.1, 0.15) is 45.7 Å². The van der Waals surface area contributed by atoms with Gasteiger partial charge in [-0.2, -0.15) is 0 Å². The lowest BCUT2D eigenvalue weighted by Gasteiger charge is -2.34. The summed E-state index contributed by atoms with van der Waals surface area (Å²) in [6, 6.07) is 4.28. The molecule has 0 saturated carbocycles. The summed E-state index contributed by atoms with van der Waals surface area (Å²) in [6.45, 7) is 9.97. The normalized spacial score (nSPS) is 16.3. The van der Waals surface area contributed by atoms with Gasteiger partial charge in [0.2, 0.25) is 11.8 Å². The third-order valence-electron chi connectivity index (χ3n) is 4.16. The van der Waals surface area contributed by atoms with Crippen molar-refractivity contribution in [2.24, 2.45) is 5.41 Å². The number of piperidine rings is 1. The second-order valence-electron chi connectivity index (χ2n) is 7.52. The lowest BCUT2D eigenvalue weighted by atomic mass is 9.91. The van der Waals surface area contributed by atoms with E-state index in [0.717, 1.165) is 37.3 Å². The molecule has 1 fully saturated rings. The standard InChI is InChI=1S/C18H29N3O2/c1-13-15(6-7-16(19-13)23-5)20-14-8-10-21(11-9-14)17(22)12-18(2,3)4/h6-7,14,20H,8-12H2,1-5H3. The number of hydrogen-bond acceptors (Lipinski definition) is 4. The van der Waals surface area contributed by atoms with Crippen LogP contribution in [0.4, 0.5) is 5.69 Å². The predicted octanol–water partition coefficient (Wildman–Crippen LogP) is 3.24. The van der Waals surface area contributed by atoms with Gasteiger partial charge in [-0.15, -0.1) is 0 Å². The molecule has 1 N–H and O–H groups in total. The molecule has 5 heteroatoms. The molecule has 0 atom stereocenters. The topological polar surface area (TPSA) is 54.5 Å². The Morgan fingerprint density at radius 3 is 2.52 bits per heavy atom. The SMILES string of the molecule is COc1ccc(NC2CCN(C(=O)CC(C)(C)C)CC2)c(C)n1. The van der Waals surface area contributed by atoms with E-state index < -0.39 is 0 Å². The van der Waals surface area contributed by atoms with Crippen molar-refractivity contribution in [1.82, 2.24) is 9.88 Å². The van der Waals surface area contributed by atoms with E-state index in [1.54, 1.807) is 7.11 Å². The predicted molar refractivity (Wildman–Crippen MR) is 92.8 cm³/mol. The number of likely N-dealkylation sites (tertiary alicyclic amines) is 1. The van der Waals surface area contributed by atoms with Gasteiger partial charge in [0, 0.05) is 31.6 Å². The molecule has 5 nitrogen and oxygen atoms in total. The van der Waals surface area contributed by atoms with E-state index in [1.807, 2.05) is 24.0 Å². The molecular weight excluding hydrogens is 290 g/mol. The molecule has 0 aromatic carbocycles. The van der Waals surface area contributed by atoms with Crippen molar-refractivity contribution < 1.29 is 9.53 Å². The van der Waals surface area contributed by atoms with Crippen LogP contribution in [0, 0.1) is 12.3 Å². The number of hydrogen-bond donors (Lipinski definition) is 1. The first-order chi connectivity index (χ1) is 10.8. The van der Waals surface area contributed by atoms with Crippen molar-refractivity contribution in [3.63, 3.8) is 0 Å². The van der Waals surface area contributed by atoms with Crippen LogP contribution in [0.2, 0.25) is 0 Å². The summed E-state index contributed by atoms with van der Waals surface area (Å²) in [5.41, 5.74) is 2.04. The van der Waals surface area contributed by atoms with E-state index in [2.05, 4.69) is 31.1 Å². The van der Waals surface area contributed by atoms with E-state index in [9.17, 15) is 4.79 Å². The summed E-state index contributed by atoms with van der Waals surface area (Å²) in [4.78, 5) is 18.7. The molecule has 23 heavy (non-hydrogen) atoms. The van der Waals surface area contributed by atoms with E-state index in [1.165, 1.54) is 0 Å². The zero-order chi connectivity index (χ0) is 17.0. The van der Waals surface area contributed by atoms with Gasteiger partial charge in [0.15, 0.2) is 0 Å². The minimum Gasteiger partial charge on any atom is -0.481 e. The molecule has 1 aliphatic heterocycles. The molecule has 0 spiro atoms. The van der Waals surface area contributed by atoms with E-state index >= 15 is 0 Å². The molecule has 1 amide bonds. The Balaban J connectivity index is 1.86. The first kappa shape index (κ1) is 17.6. The van der Waals surface area contributed by atoms with Gasteiger partial charge in [0.05, 0.1) is 18.5 Å². The van der Waals surface area contributed by atoms with Crippen LogP contribution >= 0.6 is 0 Å². The van der Waals surface area contributed by atoms with Gasteiger partial charge in [-0.25, -0.2) is 4.98 Å². The van der Waals surface area contributed by atoms with Crippen molar-refractivity contribution in [3.8, 4) is 5.88 Å². The smallest absolute Gasteiger partial charge is 0.223 e. The van der Waals surface area contributed by atoms with Crippen LogP contribution in [-0.2, 0) is 4.79 Å².